The summed E-state index contributed by atoms with van der Waals surface area (Å²) in [5.74, 6) is 0. The Morgan fingerprint density at radius 1 is 1.00 bits per heavy atom. The quantitative estimate of drug-likeness (QED) is 0.662. The molecule has 1 aromatic carbocycles. The van der Waals surface area contributed by atoms with Crippen LogP contribution >= 0.6 is 0 Å². The second kappa shape index (κ2) is 7.87. The molecule has 0 spiro atoms. The molecular weight excluding hydrogens is 296 g/mol. The zero-order valence-corrected chi connectivity index (χ0v) is 14.9. The van der Waals surface area contributed by atoms with Gasteiger partial charge in [0.15, 0.2) is 0 Å². The summed E-state index contributed by atoms with van der Waals surface area (Å²) in [7, 11) is -2.82. The van der Waals surface area contributed by atoms with Gasteiger partial charge in [0, 0.05) is 19.8 Å². The van der Waals surface area contributed by atoms with E-state index >= 15 is 0 Å². The number of hydrogen-bond donors (Lipinski definition) is 0. The SMILES string of the molecule is CCO[Si](OCC)(OCC)C(CC)n1cnc2ccccc21. The lowest BCUT2D eigenvalue weighted by molar-refractivity contribution is 0.0532. The summed E-state index contributed by atoms with van der Waals surface area (Å²) in [6.07, 6.45) is 2.74. The molecule has 6 heteroatoms. The molecule has 2 aromatic rings. The fourth-order valence-corrected chi connectivity index (χ4v) is 5.94. The maximum atomic E-state index is 6.08. The van der Waals surface area contributed by atoms with Gasteiger partial charge < -0.3 is 17.8 Å². The molecule has 0 aliphatic heterocycles. The molecule has 0 aliphatic rings. The number of hydrogen-bond acceptors (Lipinski definition) is 4. The van der Waals surface area contributed by atoms with Crippen molar-refractivity contribution < 1.29 is 13.3 Å². The third-order valence-corrected chi connectivity index (χ3v) is 7.22. The van der Waals surface area contributed by atoms with E-state index in [0.717, 1.165) is 17.5 Å². The predicted molar refractivity (Wildman–Crippen MR) is 89.7 cm³/mol. The molecule has 1 heterocycles. The highest BCUT2D eigenvalue weighted by atomic mass is 28.4. The lowest BCUT2D eigenvalue weighted by Gasteiger charge is -2.35. The number of nitrogens with zero attached hydrogens (tertiary/aromatic N) is 2. The molecule has 2 rings (SSSR count). The molecule has 0 fully saturated rings. The van der Waals surface area contributed by atoms with Crippen LogP contribution in [-0.2, 0) is 13.3 Å². The average molecular weight is 322 g/mol. The summed E-state index contributed by atoms with van der Waals surface area (Å²) in [6, 6.07) is 8.12. The number of aromatic nitrogens is 2. The highest BCUT2D eigenvalue weighted by Crippen LogP contribution is 2.31. The maximum Gasteiger partial charge on any atom is 0.525 e. The molecule has 1 unspecified atom stereocenters. The number of fused-ring (bicyclic) bond motifs is 1. The lowest BCUT2D eigenvalue weighted by atomic mass is 10.3. The molecule has 0 amide bonds. The summed E-state index contributed by atoms with van der Waals surface area (Å²) in [6.45, 7) is 9.83. The zero-order valence-electron chi connectivity index (χ0n) is 13.9. The molecule has 1 aromatic heterocycles. The zero-order chi connectivity index (χ0) is 16.0. The van der Waals surface area contributed by atoms with Gasteiger partial charge in [-0.15, -0.1) is 0 Å². The van der Waals surface area contributed by atoms with E-state index in [0.29, 0.717) is 19.8 Å². The van der Waals surface area contributed by atoms with Crippen molar-refractivity contribution in [1.29, 1.82) is 0 Å². The van der Waals surface area contributed by atoms with Gasteiger partial charge in [0.2, 0.25) is 0 Å². The predicted octanol–water partition coefficient (Wildman–Crippen LogP) is 3.58. The summed E-state index contributed by atoms with van der Waals surface area (Å²) in [4.78, 5) is 4.50. The molecule has 0 N–H and O–H groups in total. The van der Waals surface area contributed by atoms with E-state index in [9.17, 15) is 0 Å². The molecule has 0 radical (unpaired) electrons. The second-order valence-corrected chi connectivity index (χ2v) is 7.71. The second-order valence-electron chi connectivity index (χ2n) is 4.97. The van der Waals surface area contributed by atoms with E-state index in [-0.39, 0.29) is 5.67 Å². The first-order valence-electron chi connectivity index (χ1n) is 8.05. The number of imidazole rings is 1. The van der Waals surface area contributed by atoms with Gasteiger partial charge in [-0.2, -0.15) is 0 Å². The van der Waals surface area contributed by atoms with Crippen LogP contribution in [0.25, 0.3) is 11.0 Å². The van der Waals surface area contributed by atoms with Gasteiger partial charge in [0.1, 0.15) is 5.67 Å². The van der Waals surface area contributed by atoms with Crippen LogP contribution in [0.2, 0.25) is 0 Å². The van der Waals surface area contributed by atoms with Crippen molar-refractivity contribution in [3.63, 3.8) is 0 Å². The van der Waals surface area contributed by atoms with Crippen LogP contribution in [0.3, 0.4) is 0 Å². The van der Waals surface area contributed by atoms with Gasteiger partial charge in [-0.05, 0) is 39.3 Å². The topological polar surface area (TPSA) is 45.5 Å². The van der Waals surface area contributed by atoms with Gasteiger partial charge in [-0.1, -0.05) is 19.1 Å². The smallest absolute Gasteiger partial charge is 0.373 e. The Bertz CT molecular complexity index is 571. The van der Waals surface area contributed by atoms with Gasteiger partial charge in [0.25, 0.3) is 0 Å². The van der Waals surface area contributed by atoms with Crippen LogP contribution in [0, 0.1) is 0 Å². The fourth-order valence-electron chi connectivity index (χ4n) is 2.86. The molecule has 5 nitrogen and oxygen atoms in total. The van der Waals surface area contributed by atoms with Gasteiger partial charge in [-0.25, -0.2) is 4.98 Å². The third kappa shape index (κ3) is 3.25. The Labute approximate surface area is 133 Å². The Balaban J connectivity index is 2.49. The molecule has 1 atom stereocenters. The molecule has 0 saturated heterocycles. The Morgan fingerprint density at radius 3 is 2.14 bits per heavy atom. The van der Waals surface area contributed by atoms with Gasteiger partial charge >= 0.3 is 8.80 Å². The largest absolute Gasteiger partial charge is 0.525 e. The number of para-hydroxylation sites is 2. The van der Waals surface area contributed by atoms with Crippen LogP contribution in [0.15, 0.2) is 30.6 Å². The lowest BCUT2D eigenvalue weighted by Crippen LogP contribution is -2.53. The molecular formula is C16H26N2O3Si. The summed E-state index contributed by atoms with van der Waals surface area (Å²) >= 11 is 0. The van der Waals surface area contributed by atoms with E-state index in [1.54, 1.807) is 0 Å². The van der Waals surface area contributed by atoms with Crippen molar-refractivity contribution in [3.8, 4) is 0 Å². The standard InChI is InChI=1S/C16H26N2O3Si/c1-5-16(22(19-6-2,20-7-3)21-8-4)18-13-17-14-11-9-10-12-15(14)18/h9-13,16H,5-8H2,1-4H3. The molecule has 122 valence electrons. The van der Waals surface area contributed by atoms with Crippen molar-refractivity contribution in [2.24, 2.45) is 0 Å². The number of benzene rings is 1. The van der Waals surface area contributed by atoms with E-state index in [1.807, 2.05) is 45.3 Å². The minimum atomic E-state index is -2.82. The highest BCUT2D eigenvalue weighted by Gasteiger charge is 2.50. The van der Waals surface area contributed by atoms with Crippen molar-refractivity contribution in [2.75, 3.05) is 19.8 Å². The number of rotatable bonds is 9. The van der Waals surface area contributed by atoms with E-state index in [4.69, 9.17) is 13.3 Å². The first-order valence-corrected chi connectivity index (χ1v) is 9.86. The fraction of sp³-hybridized carbons (Fsp3) is 0.562. The molecule has 0 bridgehead atoms. The van der Waals surface area contributed by atoms with Crippen LogP contribution in [0.1, 0.15) is 39.8 Å². The van der Waals surface area contributed by atoms with Crippen LogP contribution in [0.4, 0.5) is 0 Å². The van der Waals surface area contributed by atoms with Crippen molar-refractivity contribution >= 4 is 19.8 Å². The molecule has 0 aliphatic carbocycles. The highest BCUT2D eigenvalue weighted by molar-refractivity contribution is 6.61. The van der Waals surface area contributed by atoms with Crippen LogP contribution in [0.5, 0.6) is 0 Å². The summed E-state index contributed by atoms with van der Waals surface area (Å²) in [5.41, 5.74) is 2.10. The maximum absolute atomic E-state index is 6.08. The van der Waals surface area contributed by atoms with Gasteiger partial charge in [0.05, 0.1) is 17.4 Å². The van der Waals surface area contributed by atoms with E-state index in [2.05, 4.69) is 22.5 Å². The third-order valence-electron chi connectivity index (χ3n) is 3.65. The molecule has 22 heavy (non-hydrogen) atoms. The first-order chi connectivity index (χ1) is 10.7. The Kier molecular flexibility index (Phi) is 6.13. The van der Waals surface area contributed by atoms with Crippen LogP contribution < -0.4 is 0 Å². The summed E-state index contributed by atoms with van der Waals surface area (Å²) in [5, 5.41) is 0. The minimum Gasteiger partial charge on any atom is -0.373 e. The Morgan fingerprint density at radius 2 is 1.59 bits per heavy atom. The first kappa shape index (κ1) is 17.1. The van der Waals surface area contributed by atoms with Crippen molar-refractivity contribution in [3.05, 3.63) is 30.6 Å². The molecule has 0 saturated carbocycles. The van der Waals surface area contributed by atoms with E-state index < -0.39 is 8.80 Å². The van der Waals surface area contributed by atoms with Crippen molar-refractivity contribution in [1.82, 2.24) is 9.55 Å². The minimum absolute atomic E-state index is 0.0275. The summed E-state index contributed by atoms with van der Waals surface area (Å²) < 4.78 is 20.4. The Hall–Kier alpha value is -1.21. The monoisotopic (exact) mass is 322 g/mol. The van der Waals surface area contributed by atoms with Crippen molar-refractivity contribution in [2.45, 2.75) is 39.8 Å². The normalized spacial score (nSPS) is 13.6. The van der Waals surface area contributed by atoms with Gasteiger partial charge in [-0.3, -0.25) is 0 Å². The van der Waals surface area contributed by atoms with E-state index in [1.165, 1.54) is 0 Å². The van der Waals surface area contributed by atoms with Crippen LogP contribution in [-0.4, -0.2) is 38.2 Å². The average Bonchev–Trinajstić information content (AvgIpc) is 2.93.